The van der Waals surface area contributed by atoms with Crippen LogP contribution in [-0.4, -0.2) is 23.7 Å². The molecule has 1 aliphatic heterocycles. The summed E-state index contributed by atoms with van der Waals surface area (Å²) < 4.78 is 6.36. The number of hydrogen-bond acceptors (Lipinski definition) is 3. The van der Waals surface area contributed by atoms with Gasteiger partial charge in [0.1, 0.15) is 11.9 Å². The number of hydrogen-bond donors (Lipinski definition) is 2. The van der Waals surface area contributed by atoms with Gasteiger partial charge in [-0.15, -0.1) is 0 Å². The van der Waals surface area contributed by atoms with Crippen LogP contribution in [0.5, 0.6) is 5.75 Å². The summed E-state index contributed by atoms with van der Waals surface area (Å²) in [5, 5.41) is 15.6. The van der Waals surface area contributed by atoms with E-state index in [0.717, 1.165) is 23.3 Å². The molecule has 0 amide bonds. The number of fused-ring (bicyclic) bond motifs is 2. The molecule has 0 spiro atoms. The van der Waals surface area contributed by atoms with Crippen molar-refractivity contribution < 1.29 is 14.6 Å². The van der Waals surface area contributed by atoms with Crippen LogP contribution in [-0.2, 0) is 0 Å². The van der Waals surface area contributed by atoms with E-state index in [-0.39, 0.29) is 18.1 Å². The van der Waals surface area contributed by atoms with E-state index in [4.69, 9.17) is 4.74 Å². The van der Waals surface area contributed by atoms with Gasteiger partial charge >= 0.3 is 5.97 Å². The standard InChI is InChI=1S/C29H27NO3/c1-19(24-14-7-9-20-8-2-3-12-25(20)24)30-18-23-17-27(26-13-4-5-15-28(26)33-23)21-10-6-11-22(16-21)29(31)32/h2-16,19,23,27,30H,17-18H2,1H3,(H,31,32)/t19-,23-,27-/m1/s1. The number of nitrogens with one attached hydrogen (secondary N) is 1. The predicted molar refractivity (Wildman–Crippen MR) is 131 cm³/mol. The fourth-order valence-electron chi connectivity index (χ4n) is 4.87. The van der Waals surface area contributed by atoms with Crippen LogP contribution in [0.3, 0.4) is 0 Å². The van der Waals surface area contributed by atoms with E-state index in [1.165, 1.54) is 16.3 Å². The van der Waals surface area contributed by atoms with Crippen LogP contribution in [0.2, 0.25) is 0 Å². The van der Waals surface area contributed by atoms with Gasteiger partial charge in [0.05, 0.1) is 5.56 Å². The van der Waals surface area contributed by atoms with Gasteiger partial charge in [0.25, 0.3) is 0 Å². The smallest absolute Gasteiger partial charge is 0.335 e. The minimum atomic E-state index is -0.903. The van der Waals surface area contributed by atoms with Crippen molar-refractivity contribution >= 4 is 16.7 Å². The Labute approximate surface area is 193 Å². The minimum Gasteiger partial charge on any atom is -0.489 e. The SMILES string of the molecule is C[C@@H](NC[C@H]1C[C@H](c2cccc(C(=O)O)c2)c2ccccc2O1)c1cccc2ccccc12. The van der Waals surface area contributed by atoms with E-state index in [1.807, 2.05) is 30.3 Å². The van der Waals surface area contributed by atoms with Crippen LogP contribution in [0.4, 0.5) is 0 Å². The third-order valence-corrected chi connectivity index (χ3v) is 6.56. The molecular weight excluding hydrogens is 410 g/mol. The Balaban J connectivity index is 1.37. The molecule has 0 saturated heterocycles. The van der Waals surface area contributed by atoms with Crippen molar-refractivity contribution in [1.29, 1.82) is 0 Å². The Kier molecular flexibility index (Phi) is 5.84. The van der Waals surface area contributed by atoms with Gasteiger partial charge in [-0.1, -0.05) is 72.8 Å². The Hall–Kier alpha value is -3.63. The highest BCUT2D eigenvalue weighted by Crippen LogP contribution is 2.40. The molecule has 0 aromatic heterocycles. The molecule has 4 nitrogen and oxygen atoms in total. The van der Waals surface area contributed by atoms with Gasteiger partial charge in [0.15, 0.2) is 0 Å². The average Bonchev–Trinajstić information content (AvgIpc) is 2.86. The number of carboxylic acids is 1. The maximum atomic E-state index is 11.5. The summed E-state index contributed by atoms with van der Waals surface area (Å²) in [6.45, 7) is 2.89. The first-order valence-corrected chi connectivity index (χ1v) is 11.4. The number of carboxylic acid groups (broad SMARTS) is 1. The molecular formula is C29H27NO3. The number of rotatable bonds is 6. The zero-order valence-corrected chi connectivity index (χ0v) is 18.6. The largest absolute Gasteiger partial charge is 0.489 e. The first-order chi connectivity index (χ1) is 16.1. The van der Waals surface area contributed by atoms with Gasteiger partial charge in [0, 0.05) is 24.1 Å². The number of ether oxygens (including phenoxy) is 1. The Morgan fingerprint density at radius 3 is 2.64 bits per heavy atom. The summed E-state index contributed by atoms with van der Waals surface area (Å²) in [6.07, 6.45) is 0.769. The minimum absolute atomic E-state index is 0.0178. The van der Waals surface area contributed by atoms with Crippen molar-refractivity contribution in [1.82, 2.24) is 5.32 Å². The van der Waals surface area contributed by atoms with Gasteiger partial charge < -0.3 is 15.2 Å². The fourth-order valence-corrected chi connectivity index (χ4v) is 4.87. The molecule has 0 saturated carbocycles. The summed E-state index contributed by atoms with van der Waals surface area (Å²) in [6, 6.07) is 30.4. The number of carbonyl (C=O) groups is 1. The Morgan fingerprint density at radius 1 is 1.00 bits per heavy atom. The molecule has 1 aliphatic rings. The molecule has 166 valence electrons. The van der Waals surface area contributed by atoms with E-state index in [0.29, 0.717) is 12.1 Å². The third-order valence-electron chi connectivity index (χ3n) is 6.56. The molecule has 0 bridgehead atoms. The van der Waals surface area contributed by atoms with Crippen molar-refractivity contribution in [2.45, 2.75) is 31.4 Å². The van der Waals surface area contributed by atoms with Crippen LogP contribution in [0.25, 0.3) is 10.8 Å². The zero-order chi connectivity index (χ0) is 22.8. The number of aromatic carboxylic acids is 1. The van der Waals surface area contributed by atoms with Gasteiger partial charge in [-0.05, 0) is 53.4 Å². The molecule has 0 fully saturated rings. The molecule has 0 aliphatic carbocycles. The molecule has 5 rings (SSSR count). The van der Waals surface area contributed by atoms with Crippen molar-refractivity contribution in [2.24, 2.45) is 0 Å². The Morgan fingerprint density at radius 2 is 1.76 bits per heavy atom. The second kappa shape index (κ2) is 9.08. The molecule has 1 heterocycles. The second-order valence-corrected chi connectivity index (χ2v) is 8.69. The van der Waals surface area contributed by atoms with Gasteiger partial charge in [-0.2, -0.15) is 0 Å². The molecule has 0 radical (unpaired) electrons. The van der Waals surface area contributed by atoms with Gasteiger partial charge in [-0.3, -0.25) is 0 Å². The lowest BCUT2D eigenvalue weighted by atomic mass is 9.83. The molecule has 4 aromatic rings. The maximum absolute atomic E-state index is 11.5. The number of benzene rings is 4. The zero-order valence-electron chi connectivity index (χ0n) is 18.6. The van der Waals surface area contributed by atoms with Gasteiger partial charge in [0.2, 0.25) is 0 Å². The van der Waals surface area contributed by atoms with Crippen molar-refractivity contribution in [2.75, 3.05) is 6.54 Å². The molecule has 4 heteroatoms. The lowest BCUT2D eigenvalue weighted by Gasteiger charge is -2.33. The van der Waals surface area contributed by atoms with Crippen molar-refractivity contribution in [3.63, 3.8) is 0 Å². The van der Waals surface area contributed by atoms with Crippen LogP contribution < -0.4 is 10.1 Å². The van der Waals surface area contributed by atoms with Crippen LogP contribution in [0.15, 0.2) is 91.0 Å². The van der Waals surface area contributed by atoms with Crippen molar-refractivity contribution in [3.05, 3.63) is 113 Å². The Bertz CT molecular complexity index is 1290. The van der Waals surface area contributed by atoms with Crippen LogP contribution >= 0.6 is 0 Å². The summed E-state index contributed by atoms with van der Waals surface area (Å²) in [5.41, 5.74) is 3.71. The van der Waals surface area contributed by atoms with E-state index >= 15 is 0 Å². The first kappa shape index (κ1) is 21.2. The van der Waals surface area contributed by atoms with Crippen LogP contribution in [0, 0.1) is 0 Å². The van der Waals surface area contributed by atoms with Crippen molar-refractivity contribution in [3.8, 4) is 5.75 Å². The quantitative estimate of drug-likeness (QED) is 0.379. The van der Waals surface area contributed by atoms with E-state index in [2.05, 4.69) is 60.8 Å². The second-order valence-electron chi connectivity index (χ2n) is 8.69. The highest BCUT2D eigenvalue weighted by atomic mass is 16.5. The molecule has 4 aromatic carbocycles. The lowest BCUT2D eigenvalue weighted by Crippen LogP contribution is -2.37. The predicted octanol–water partition coefficient (Wildman–Crippen LogP) is 6.17. The van der Waals surface area contributed by atoms with Crippen LogP contribution in [0.1, 0.15) is 52.4 Å². The summed E-state index contributed by atoms with van der Waals surface area (Å²) in [5.74, 6) is 0.0623. The van der Waals surface area contributed by atoms with E-state index < -0.39 is 5.97 Å². The maximum Gasteiger partial charge on any atom is 0.335 e. The molecule has 33 heavy (non-hydrogen) atoms. The average molecular weight is 438 g/mol. The first-order valence-electron chi connectivity index (χ1n) is 11.4. The number of para-hydroxylation sites is 1. The topological polar surface area (TPSA) is 58.6 Å². The molecule has 0 unspecified atom stereocenters. The van der Waals surface area contributed by atoms with E-state index in [9.17, 15) is 9.90 Å². The molecule has 3 atom stereocenters. The summed E-state index contributed by atoms with van der Waals surface area (Å²) >= 11 is 0. The van der Waals surface area contributed by atoms with Gasteiger partial charge in [-0.25, -0.2) is 4.79 Å². The fraction of sp³-hybridized carbons (Fsp3) is 0.207. The third kappa shape index (κ3) is 4.35. The lowest BCUT2D eigenvalue weighted by molar-refractivity contribution is 0.0696. The summed E-state index contributed by atoms with van der Waals surface area (Å²) in [7, 11) is 0. The monoisotopic (exact) mass is 437 g/mol. The normalized spacial score (nSPS) is 18.3. The summed E-state index contributed by atoms with van der Waals surface area (Å²) in [4.78, 5) is 11.5. The molecule has 2 N–H and O–H groups in total. The highest BCUT2D eigenvalue weighted by Gasteiger charge is 2.30. The highest BCUT2D eigenvalue weighted by molar-refractivity contribution is 5.88. The van der Waals surface area contributed by atoms with E-state index in [1.54, 1.807) is 12.1 Å².